The molecule has 0 aliphatic carbocycles. The van der Waals surface area contributed by atoms with Crippen molar-refractivity contribution in [3.63, 3.8) is 0 Å². The van der Waals surface area contributed by atoms with Crippen molar-refractivity contribution < 1.29 is 0 Å². The molecule has 1 rings (SSSR count). The standard InChI is InChI=1S/C9H20N2/c1-3-9-6-8(2)7-11(9)5-4-10/h8-9H,3-7,10H2,1-2H3. The Morgan fingerprint density at radius 3 is 2.82 bits per heavy atom. The quantitative estimate of drug-likeness (QED) is 0.662. The fourth-order valence-electron chi connectivity index (χ4n) is 2.10. The number of rotatable bonds is 3. The molecule has 2 N–H and O–H groups in total. The minimum Gasteiger partial charge on any atom is -0.329 e. The summed E-state index contributed by atoms with van der Waals surface area (Å²) < 4.78 is 0. The Balaban J connectivity index is 2.37. The van der Waals surface area contributed by atoms with Gasteiger partial charge in [0.1, 0.15) is 0 Å². The maximum atomic E-state index is 5.53. The smallest absolute Gasteiger partial charge is 0.0108 e. The third kappa shape index (κ3) is 2.17. The summed E-state index contributed by atoms with van der Waals surface area (Å²) in [4.78, 5) is 2.53. The van der Waals surface area contributed by atoms with Crippen LogP contribution in [0.25, 0.3) is 0 Å². The van der Waals surface area contributed by atoms with Gasteiger partial charge in [0.15, 0.2) is 0 Å². The topological polar surface area (TPSA) is 29.3 Å². The fourth-order valence-corrected chi connectivity index (χ4v) is 2.10. The Morgan fingerprint density at radius 2 is 2.27 bits per heavy atom. The van der Waals surface area contributed by atoms with Crippen molar-refractivity contribution in [2.24, 2.45) is 11.7 Å². The zero-order valence-electron chi connectivity index (χ0n) is 7.71. The van der Waals surface area contributed by atoms with Gasteiger partial charge in [-0.25, -0.2) is 0 Å². The van der Waals surface area contributed by atoms with Crippen LogP contribution in [-0.4, -0.2) is 30.6 Å². The highest BCUT2D eigenvalue weighted by Crippen LogP contribution is 2.23. The predicted molar refractivity (Wildman–Crippen MR) is 48.5 cm³/mol. The summed E-state index contributed by atoms with van der Waals surface area (Å²) in [6.07, 6.45) is 2.65. The Morgan fingerprint density at radius 1 is 1.55 bits per heavy atom. The van der Waals surface area contributed by atoms with Crippen LogP contribution >= 0.6 is 0 Å². The maximum absolute atomic E-state index is 5.53. The Hall–Kier alpha value is -0.0800. The van der Waals surface area contributed by atoms with E-state index in [0.717, 1.165) is 25.0 Å². The first kappa shape index (κ1) is 9.01. The second kappa shape index (κ2) is 4.07. The lowest BCUT2D eigenvalue weighted by molar-refractivity contribution is 0.253. The van der Waals surface area contributed by atoms with Crippen LogP contribution in [0, 0.1) is 5.92 Å². The van der Waals surface area contributed by atoms with E-state index in [1.165, 1.54) is 19.4 Å². The van der Waals surface area contributed by atoms with Crippen LogP contribution in [0.4, 0.5) is 0 Å². The molecule has 0 amide bonds. The molecule has 1 fully saturated rings. The van der Waals surface area contributed by atoms with Crippen molar-refractivity contribution in [3.8, 4) is 0 Å². The lowest BCUT2D eigenvalue weighted by atomic mass is 10.1. The summed E-state index contributed by atoms with van der Waals surface area (Å²) in [5.41, 5.74) is 5.53. The van der Waals surface area contributed by atoms with Crippen molar-refractivity contribution in [2.75, 3.05) is 19.6 Å². The zero-order chi connectivity index (χ0) is 8.27. The van der Waals surface area contributed by atoms with Gasteiger partial charge in [0.2, 0.25) is 0 Å². The van der Waals surface area contributed by atoms with Gasteiger partial charge in [0.25, 0.3) is 0 Å². The Bertz CT molecular complexity index is 114. The largest absolute Gasteiger partial charge is 0.329 e. The molecule has 1 saturated heterocycles. The minimum absolute atomic E-state index is 0.809. The molecule has 0 saturated carbocycles. The number of nitrogens with zero attached hydrogens (tertiary/aromatic N) is 1. The average Bonchev–Trinajstić information content (AvgIpc) is 2.32. The molecular formula is C9H20N2. The van der Waals surface area contributed by atoms with Gasteiger partial charge in [0.05, 0.1) is 0 Å². The first-order chi connectivity index (χ1) is 5.27. The lowest BCUT2D eigenvalue weighted by Gasteiger charge is -2.21. The second-order valence-electron chi connectivity index (χ2n) is 3.69. The van der Waals surface area contributed by atoms with E-state index in [1.807, 2.05) is 0 Å². The van der Waals surface area contributed by atoms with Crippen LogP contribution in [0.2, 0.25) is 0 Å². The summed E-state index contributed by atoms with van der Waals surface area (Å²) in [5.74, 6) is 0.881. The molecule has 1 aliphatic heterocycles. The van der Waals surface area contributed by atoms with Crippen LogP contribution in [0.5, 0.6) is 0 Å². The zero-order valence-corrected chi connectivity index (χ0v) is 7.71. The third-order valence-electron chi connectivity index (χ3n) is 2.62. The van der Waals surface area contributed by atoms with Gasteiger partial charge < -0.3 is 5.73 Å². The first-order valence-corrected chi connectivity index (χ1v) is 4.72. The first-order valence-electron chi connectivity index (χ1n) is 4.72. The normalized spacial score (nSPS) is 33.0. The molecular weight excluding hydrogens is 136 g/mol. The molecule has 0 bridgehead atoms. The summed E-state index contributed by atoms with van der Waals surface area (Å²) in [6, 6.07) is 0.813. The molecule has 2 nitrogen and oxygen atoms in total. The van der Waals surface area contributed by atoms with Gasteiger partial charge in [-0.1, -0.05) is 13.8 Å². The summed E-state index contributed by atoms with van der Waals surface area (Å²) in [5, 5.41) is 0. The monoisotopic (exact) mass is 156 g/mol. The van der Waals surface area contributed by atoms with Gasteiger partial charge in [-0.2, -0.15) is 0 Å². The number of hydrogen-bond acceptors (Lipinski definition) is 2. The number of hydrogen-bond donors (Lipinski definition) is 1. The van der Waals surface area contributed by atoms with Crippen molar-refractivity contribution in [1.29, 1.82) is 0 Å². The van der Waals surface area contributed by atoms with Crippen LogP contribution in [0.1, 0.15) is 26.7 Å². The number of nitrogens with two attached hydrogens (primary N) is 1. The fraction of sp³-hybridized carbons (Fsp3) is 1.00. The molecule has 66 valence electrons. The minimum atomic E-state index is 0.809. The SMILES string of the molecule is CCC1CC(C)CN1CCN. The van der Waals surface area contributed by atoms with E-state index in [2.05, 4.69) is 18.7 Å². The second-order valence-corrected chi connectivity index (χ2v) is 3.69. The van der Waals surface area contributed by atoms with Crippen molar-refractivity contribution >= 4 is 0 Å². The molecule has 0 aromatic rings. The summed E-state index contributed by atoms with van der Waals surface area (Å²) in [6.45, 7) is 7.76. The third-order valence-corrected chi connectivity index (χ3v) is 2.62. The highest BCUT2D eigenvalue weighted by Gasteiger charge is 2.26. The molecule has 2 unspecified atom stereocenters. The van der Waals surface area contributed by atoms with Crippen molar-refractivity contribution in [2.45, 2.75) is 32.7 Å². The van der Waals surface area contributed by atoms with E-state index in [-0.39, 0.29) is 0 Å². The molecule has 1 heterocycles. The van der Waals surface area contributed by atoms with Crippen LogP contribution in [0.3, 0.4) is 0 Å². The van der Waals surface area contributed by atoms with Crippen LogP contribution < -0.4 is 5.73 Å². The van der Waals surface area contributed by atoms with E-state index in [4.69, 9.17) is 5.73 Å². The average molecular weight is 156 g/mol. The highest BCUT2D eigenvalue weighted by atomic mass is 15.2. The molecule has 0 spiro atoms. The van der Waals surface area contributed by atoms with Gasteiger partial charge in [-0.15, -0.1) is 0 Å². The van der Waals surface area contributed by atoms with Crippen molar-refractivity contribution in [1.82, 2.24) is 4.90 Å². The van der Waals surface area contributed by atoms with E-state index in [9.17, 15) is 0 Å². The lowest BCUT2D eigenvalue weighted by Crippen LogP contribution is -2.33. The van der Waals surface area contributed by atoms with Gasteiger partial charge in [-0.3, -0.25) is 4.90 Å². The van der Waals surface area contributed by atoms with Crippen molar-refractivity contribution in [3.05, 3.63) is 0 Å². The Kier molecular flexibility index (Phi) is 3.34. The predicted octanol–water partition coefficient (Wildman–Crippen LogP) is 1.07. The summed E-state index contributed by atoms with van der Waals surface area (Å²) >= 11 is 0. The molecule has 1 aliphatic rings. The van der Waals surface area contributed by atoms with Crippen LogP contribution in [-0.2, 0) is 0 Å². The molecule has 11 heavy (non-hydrogen) atoms. The van der Waals surface area contributed by atoms with Crippen LogP contribution in [0.15, 0.2) is 0 Å². The molecule has 0 aromatic heterocycles. The maximum Gasteiger partial charge on any atom is 0.0108 e. The van der Waals surface area contributed by atoms with E-state index < -0.39 is 0 Å². The summed E-state index contributed by atoms with van der Waals surface area (Å²) in [7, 11) is 0. The van der Waals surface area contributed by atoms with E-state index >= 15 is 0 Å². The van der Waals surface area contributed by atoms with Gasteiger partial charge in [-0.05, 0) is 18.8 Å². The highest BCUT2D eigenvalue weighted by molar-refractivity contribution is 4.82. The van der Waals surface area contributed by atoms with Gasteiger partial charge >= 0.3 is 0 Å². The molecule has 0 aromatic carbocycles. The molecule has 2 heteroatoms. The number of likely N-dealkylation sites (tertiary alicyclic amines) is 1. The Labute approximate surface area is 69.8 Å². The van der Waals surface area contributed by atoms with Gasteiger partial charge in [0, 0.05) is 25.7 Å². The van der Waals surface area contributed by atoms with E-state index in [0.29, 0.717) is 0 Å². The van der Waals surface area contributed by atoms with E-state index in [1.54, 1.807) is 0 Å². The molecule has 0 radical (unpaired) electrons. The molecule has 2 atom stereocenters.